The van der Waals surface area contributed by atoms with Gasteiger partial charge in [-0.15, -0.1) is 0 Å². The Morgan fingerprint density at radius 1 is 0.225 bits per heavy atom. The summed E-state index contributed by atoms with van der Waals surface area (Å²) in [5.41, 5.74) is -0.907. The van der Waals surface area contributed by atoms with Gasteiger partial charge < -0.3 is 56.8 Å². The molecule has 0 radical (unpaired) electrons. The van der Waals surface area contributed by atoms with Gasteiger partial charge in [0.1, 0.15) is 34.5 Å². The van der Waals surface area contributed by atoms with Gasteiger partial charge in [0.25, 0.3) is 0 Å². The molecule has 6 aromatic carbocycles. The summed E-state index contributed by atoms with van der Waals surface area (Å²) >= 11 is 0. The van der Waals surface area contributed by atoms with E-state index < -0.39 is 149 Å². The minimum atomic E-state index is -1.81. The second-order valence-electron chi connectivity index (χ2n) is 20.0. The van der Waals surface area contributed by atoms with E-state index in [1.165, 1.54) is 188 Å². The van der Waals surface area contributed by atoms with Crippen LogP contribution in [0.1, 0.15) is 75.0 Å². The van der Waals surface area contributed by atoms with Crippen LogP contribution in [0.3, 0.4) is 0 Å². The van der Waals surface area contributed by atoms with Crippen molar-refractivity contribution in [1.82, 2.24) is 0 Å². The summed E-state index contributed by atoms with van der Waals surface area (Å²) in [6.07, 6.45) is -11.8. The van der Waals surface area contributed by atoms with Gasteiger partial charge in [0.2, 0.25) is 0 Å². The Hall–Kier alpha value is -13.4. The Kier molecular flexibility index (Phi) is 31.1. The van der Waals surface area contributed by atoms with Crippen molar-refractivity contribution >= 4 is 72.7 Å². The maximum absolute atomic E-state index is 13.6. The molecule has 36 nitrogen and oxygen atoms in total. The molecule has 6 rings (SSSR count). The lowest BCUT2D eigenvalue weighted by molar-refractivity contribution is -0.212. The van der Waals surface area contributed by atoms with Crippen molar-refractivity contribution < 1.29 is 173 Å². The smallest absolute Gasteiger partial charge is 0.497 e. The number of carbonyl (C=O) groups excluding carboxylic acids is 12. The molecule has 0 saturated carbocycles. The van der Waals surface area contributed by atoms with Crippen LogP contribution < -0.4 is 28.4 Å². The number of benzene rings is 6. The highest BCUT2D eigenvalue weighted by molar-refractivity contribution is 5.92. The topological polar surface area (TPSA) is 426 Å². The van der Waals surface area contributed by atoms with E-state index in [1.54, 1.807) is 0 Å². The Bertz CT molecular complexity index is 3520. The summed E-state index contributed by atoms with van der Waals surface area (Å²) in [7, 11) is 8.15. The Morgan fingerprint density at radius 3 is 0.569 bits per heavy atom. The average molecular weight is 1430 g/mol. The van der Waals surface area contributed by atoms with Crippen molar-refractivity contribution in [2.24, 2.45) is 23.7 Å². The molecular weight excluding hydrogens is 1370 g/mol. The number of hydrogen-bond acceptors (Lipinski definition) is 36. The van der Waals surface area contributed by atoms with Crippen molar-refractivity contribution in [1.29, 1.82) is 0 Å². The predicted octanol–water partition coefficient (Wildman–Crippen LogP) is 9.83. The number of methoxy groups -OCH3 is 6. The number of hydrogen-bond donors (Lipinski definition) is 0. The quantitative estimate of drug-likeness (QED) is 0.0182. The van der Waals surface area contributed by atoms with E-state index >= 15 is 0 Å². The Balaban J connectivity index is 1.38. The normalized spacial score (nSPS) is 11.5. The van der Waals surface area contributed by atoms with E-state index in [1.807, 2.05) is 0 Å². The van der Waals surface area contributed by atoms with E-state index in [2.05, 4.69) is 48.9 Å². The second kappa shape index (κ2) is 41.0. The fourth-order valence-corrected chi connectivity index (χ4v) is 8.55. The molecule has 0 aromatic heterocycles. The molecule has 0 heterocycles. The van der Waals surface area contributed by atoms with Crippen LogP contribution in [-0.2, 0) is 87.1 Å². The van der Waals surface area contributed by atoms with E-state index in [4.69, 9.17) is 66.6 Å². The first-order valence-corrected chi connectivity index (χ1v) is 29.4. The lowest BCUT2D eigenvalue weighted by Gasteiger charge is -2.36. The van der Waals surface area contributed by atoms with Crippen LogP contribution >= 0.6 is 0 Å². The third-order valence-electron chi connectivity index (χ3n) is 13.9. The van der Waals surface area contributed by atoms with Gasteiger partial charge in [-0.05, 0) is 158 Å². The standard InChI is InChI=1S/C66H62O36/c1-79-47-19-7-39(8-20-47)55(67)91-97-61(73)85-33-31-45(35-87-63(75)99-93-57(69)41-11-23-49(81-3)24-12-41)53(37-89-65(77)101-95-59(71)43-15-27-51(83-5)28-16-43)54(38-90-66(78)102-96-60(72)44-17-29-52(84-6)30-18-44)46(36-88-64(76)100-94-58(70)42-13-25-50(82-4)26-14-42)32-34-86-62(74)98-92-56(68)40-9-21-48(80-2)22-10-40/h7-30,45-46,53-54H,31-38H2,1-6H3. The number of carbonyl (C=O) groups is 12. The largest absolute Gasteiger partial charge is 0.549 e. The number of rotatable bonds is 29. The number of ether oxygens (including phenoxy) is 12. The first kappa shape index (κ1) is 77.6. The van der Waals surface area contributed by atoms with Gasteiger partial charge in [0.05, 0.1) is 116 Å². The van der Waals surface area contributed by atoms with Gasteiger partial charge in [0.15, 0.2) is 0 Å². The molecule has 0 amide bonds. The lowest BCUT2D eigenvalue weighted by Crippen LogP contribution is -2.41. The van der Waals surface area contributed by atoms with E-state index in [0.717, 1.165) is 0 Å². The molecule has 102 heavy (non-hydrogen) atoms. The molecule has 36 heteroatoms. The molecule has 0 fully saturated rings. The fraction of sp³-hybridized carbons (Fsp3) is 0.273. The van der Waals surface area contributed by atoms with Crippen molar-refractivity contribution in [2.75, 3.05) is 82.3 Å². The maximum atomic E-state index is 13.6. The molecule has 0 aliphatic rings. The van der Waals surface area contributed by atoms with Crippen LogP contribution in [-0.4, -0.2) is 155 Å². The SMILES string of the molecule is COc1ccc(C(=O)OOC(=O)OCCC(COC(=O)OOC(=O)c2ccc(OC)cc2)C(COC(=O)OOC(=O)c2ccc(OC)cc2)C(COC(=O)OOC(=O)c2ccc(OC)cc2)C(CCOC(=O)OOC(=O)c2ccc(OC)cc2)COC(=O)OOC(=O)c2ccc(OC)cc2)cc1. The summed E-state index contributed by atoms with van der Waals surface area (Å²) in [6.45, 7) is -6.08. The van der Waals surface area contributed by atoms with Gasteiger partial charge >= 0.3 is 72.7 Å². The van der Waals surface area contributed by atoms with Crippen molar-refractivity contribution in [3.05, 3.63) is 179 Å². The molecule has 0 spiro atoms. The second-order valence-corrected chi connectivity index (χ2v) is 20.0. The highest BCUT2D eigenvalue weighted by Gasteiger charge is 2.40. The van der Waals surface area contributed by atoms with Gasteiger partial charge in [0, 0.05) is 23.7 Å². The van der Waals surface area contributed by atoms with Gasteiger partial charge in [-0.2, -0.15) is 28.8 Å². The summed E-state index contributed by atoms with van der Waals surface area (Å²) in [6, 6.07) is 31.5. The molecule has 542 valence electrons. The zero-order chi connectivity index (χ0) is 73.8. The van der Waals surface area contributed by atoms with Crippen molar-refractivity contribution in [3.8, 4) is 34.5 Å². The lowest BCUT2D eigenvalue weighted by atomic mass is 9.74. The van der Waals surface area contributed by atoms with Crippen LogP contribution in [0.15, 0.2) is 146 Å². The molecular formula is C66H62O36. The van der Waals surface area contributed by atoms with Crippen LogP contribution in [0.4, 0.5) is 28.8 Å². The van der Waals surface area contributed by atoms with Crippen LogP contribution in [0.5, 0.6) is 34.5 Å². The minimum absolute atomic E-state index is 0.122. The monoisotopic (exact) mass is 1430 g/mol. The molecule has 6 aromatic rings. The summed E-state index contributed by atoms with van der Waals surface area (Å²) in [5, 5.41) is 0. The van der Waals surface area contributed by atoms with Gasteiger partial charge in [-0.1, -0.05) is 0 Å². The molecule has 4 atom stereocenters. The molecule has 4 unspecified atom stereocenters. The van der Waals surface area contributed by atoms with Crippen LogP contribution in [0.25, 0.3) is 0 Å². The Labute approximate surface area is 576 Å². The molecule has 0 saturated heterocycles. The summed E-state index contributed by atoms with van der Waals surface area (Å²) in [4.78, 5) is 214. The van der Waals surface area contributed by atoms with E-state index in [0.29, 0.717) is 34.5 Å². The zero-order valence-electron chi connectivity index (χ0n) is 54.5. The molecule has 0 bridgehead atoms. The first-order chi connectivity index (χ1) is 49.2. The predicted molar refractivity (Wildman–Crippen MR) is 328 cm³/mol. The molecule has 0 aliphatic carbocycles. The molecule has 0 aliphatic heterocycles. The summed E-state index contributed by atoms with van der Waals surface area (Å²) in [5.74, 6) is -12.0. The van der Waals surface area contributed by atoms with Gasteiger partial charge in [-0.25, -0.2) is 87.4 Å². The average Bonchev–Trinajstić information content (AvgIpc) is 0.836. The molecule has 0 N–H and O–H groups in total. The van der Waals surface area contributed by atoms with Gasteiger partial charge in [-0.3, -0.25) is 0 Å². The third-order valence-corrected chi connectivity index (χ3v) is 13.9. The first-order valence-electron chi connectivity index (χ1n) is 29.4. The highest BCUT2D eigenvalue weighted by atomic mass is 17.3. The van der Waals surface area contributed by atoms with Crippen molar-refractivity contribution in [3.63, 3.8) is 0 Å². The summed E-state index contributed by atoms with van der Waals surface area (Å²) < 4.78 is 62.7. The minimum Gasteiger partial charge on any atom is -0.497 e. The highest BCUT2D eigenvalue weighted by Crippen LogP contribution is 2.35. The van der Waals surface area contributed by atoms with Crippen LogP contribution in [0, 0.1) is 23.7 Å². The third kappa shape index (κ3) is 25.9. The maximum Gasteiger partial charge on any atom is 0.549 e. The Morgan fingerprint density at radius 2 is 0.392 bits per heavy atom. The van der Waals surface area contributed by atoms with Crippen molar-refractivity contribution in [2.45, 2.75) is 12.8 Å². The van der Waals surface area contributed by atoms with E-state index in [-0.39, 0.29) is 33.4 Å². The fourth-order valence-electron chi connectivity index (χ4n) is 8.55. The van der Waals surface area contributed by atoms with Crippen LogP contribution in [0.2, 0.25) is 0 Å². The zero-order valence-corrected chi connectivity index (χ0v) is 54.5. The van der Waals surface area contributed by atoms with E-state index in [9.17, 15) is 57.5 Å².